The zero-order chi connectivity index (χ0) is 10.7. The van der Waals surface area contributed by atoms with Gasteiger partial charge in [0.2, 0.25) is 0 Å². The lowest BCUT2D eigenvalue weighted by molar-refractivity contribution is -0.142. The average molecular weight is 222 g/mol. The normalized spacial score (nSPS) is 23.5. The van der Waals surface area contributed by atoms with Gasteiger partial charge in [0, 0.05) is 11.0 Å². The van der Waals surface area contributed by atoms with Crippen LogP contribution in [0.5, 0.6) is 0 Å². The number of benzene rings is 1. The molecule has 0 unspecified atom stereocenters. The fraction of sp³-hybridized carbons (Fsp3) is 0.417. The maximum Gasteiger partial charge on any atom is 0.309 e. The number of rotatable bonds is 4. The number of methoxy groups -OCH3 is 1. The third kappa shape index (κ3) is 2.75. The van der Waals surface area contributed by atoms with E-state index in [0.29, 0.717) is 5.25 Å². The summed E-state index contributed by atoms with van der Waals surface area (Å²) in [6, 6.07) is 10.3. The van der Waals surface area contributed by atoms with Gasteiger partial charge >= 0.3 is 5.97 Å². The van der Waals surface area contributed by atoms with E-state index in [4.69, 9.17) is 4.74 Å². The fourth-order valence-electron chi connectivity index (χ4n) is 1.53. The van der Waals surface area contributed by atoms with Crippen molar-refractivity contribution in [2.45, 2.75) is 17.4 Å². The molecule has 0 saturated heterocycles. The molecule has 1 aliphatic carbocycles. The minimum Gasteiger partial charge on any atom is -0.469 e. The van der Waals surface area contributed by atoms with Gasteiger partial charge in [-0.2, -0.15) is 11.8 Å². The Kier molecular flexibility index (Phi) is 3.31. The third-order valence-electron chi connectivity index (χ3n) is 2.54. The first kappa shape index (κ1) is 10.6. The second kappa shape index (κ2) is 4.71. The Hall–Kier alpha value is -0.960. The lowest BCUT2D eigenvalue weighted by Crippen LogP contribution is -2.04. The molecule has 0 N–H and O–H groups in total. The van der Waals surface area contributed by atoms with Gasteiger partial charge in [0.1, 0.15) is 0 Å². The molecular formula is C12H14O2S. The molecule has 1 aromatic carbocycles. The van der Waals surface area contributed by atoms with Gasteiger partial charge < -0.3 is 4.74 Å². The quantitative estimate of drug-likeness (QED) is 0.732. The molecule has 0 heterocycles. The summed E-state index contributed by atoms with van der Waals surface area (Å²) in [6.45, 7) is 0. The summed E-state index contributed by atoms with van der Waals surface area (Å²) < 4.78 is 4.70. The van der Waals surface area contributed by atoms with Gasteiger partial charge in [-0.1, -0.05) is 30.3 Å². The largest absolute Gasteiger partial charge is 0.469 e. The van der Waals surface area contributed by atoms with Crippen molar-refractivity contribution in [3.63, 3.8) is 0 Å². The fourth-order valence-corrected chi connectivity index (χ4v) is 2.82. The van der Waals surface area contributed by atoms with Crippen LogP contribution >= 0.6 is 11.8 Å². The Labute approximate surface area is 94.0 Å². The van der Waals surface area contributed by atoms with Crippen LogP contribution in [0.4, 0.5) is 0 Å². The highest BCUT2D eigenvalue weighted by Crippen LogP contribution is 2.43. The standard InChI is InChI=1S/C12H14O2S/c1-14-12(13)10-7-11(10)15-8-9-5-3-2-4-6-9/h2-6,10-11H,7-8H2,1H3/t10-,11-/m1/s1. The molecule has 2 nitrogen and oxygen atoms in total. The van der Waals surface area contributed by atoms with Crippen LogP contribution in [0, 0.1) is 5.92 Å². The Morgan fingerprint density at radius 1 is 1.47 bits per heavy atom. The van der Waals surface area contributed by atoms with E-state index in [1.54, 1.807) is 0 Å². The Morgan fingerprint density at radius 3 is 2.87 bits per heavy atom. The highest BCUT2D eigenvalue weighted by Gasteiger charge is 2.44. The zero-order valence-electron chi connectivity index (χ0n) is 8.68. The SMILES string of the molecule is COC(=O)[C@@H]1C[C@H]1SCc1ccccc1. The summed E-state index contributed by atoms with van der Waals surface area (Å²) >= 11 is 1.85. The van der Waals surface area contributed by atoms with Crippen molar-refractivity contribution < 1.29 is 9.53 Å². The molecule has 80 valence electrons. The number of carbonyl (C=O) groups excluding carboxylic acids is 1. The average Bonchev–Trinajstić information content (AvgIpc) is 3.06. The first-order valence-corrected chi connectivity index (χ1v) is 6.09. The summed E-state index contributed by atoms with van der Waals surface area (Å²) in [6.07, 6.45) is 0.976. The molecular weight excluding hydrogens is 208 g/mol. The molecule has 1 fully saturated rings. The van der Waals surface area contributed by atoms with Gasteiger partial charge in [0.05, 0.1) is 13.0 Å². The van der Waals surface area contributed by atoms with Crippen LogP contribution in [-0.4, -0.2) is 18.3 Å². The van der Waals surface area contributed by atoms with E-state index < -0.39 is 0 Å². The monoisotopic (exact) mass is 222 g/mol. The predicted octanol–water partition coefficient (Wildman–Crippen LogP) is 2.48. The summed E-state index contributed by atoms with van der Waals surface area (Å²) in [7, 11) is 1.46. The maximum absolute atomic E-state index is 11.2. The second-order valence-corrected chi connectivity index (χ2v) is 4.93. The van der Waals surface area contributed by atoms with Crippen molar-refractivity contribution in [3.05, 3.63) is 35.9 Å². The van der Waals surface area contributed by atoms with Gasteiger partial charge in [0.15, 0.2) is 0 Å². The van der Waals surface area contributed by atoms with Crippen LogP contribution in [-0.2, 0) is 15.3 Å². The molecule has 3 heteroatoms. The minimum absolute atomic E-state index is 0.0550. The van der Waals surface area contributed by atoms with Crippen LogP contribution in [0.15, 0.2) is 30.3 Å². The molecule has 1 aromatic rings. The van der Waals surface area contributed by atoms with Gasteiger partial charge in [0.25, 0.3) is 0 Å². The highest BCUT2D eigenvalue weighted by atomic mass is 32.2. The van der Waals surface area contributed by atoms with E-state index in [1.807, 2.05) is 30.0 Å². The van der Waals surface area contributed by atoms with Crippen molar-refractivity contribution in [3.8, 4) is 0 Å². The Bertz CT molecular complexity index is 337. The number of carbonyl (C=O) groups is 1. The number of thioether (sulfide) groups is 1. The molecule has 0 amide bonds. The van der Waals surface area contributed by atoms with Crippen molar-refractivity contribution in [1.29, 1.82) is 0 Å². The molecule has 0 bridgehead atoms. The summed E-state index contributed by atoms with van der Waals surface area (Å²) in [5.41, 5.74) is 1.32. The lowest BCUT2D eigenvalue weighted by atomic mass is 10.2. The van der Waals surface area contributed by atoms with Gasteiger partial charge in [-0.25, -0.2) is 0 Å². The van der Waals surface area contributed by atoms with E-state index in [-0.39, 0.29) is 11.9 Å². The molecule has 0 spiro atoms. The van der Waals surface area contributed by atoms with E-state index in [0.717, 1.165) is 12.2 Å². The van der Waals surface area contributed by atoms with Crippen LogP contribution in [0.1, 0.15) is 12.0 Å². The van der Waals surface area contributed by atoms with Crippen LogP contribution < -0.4 is 0 Å². The van der Waals surface area contributed by atoms with E-state index >= 15 is 0 Å². The summed E-state index contributed by atoms with van der Waals surface area (Å²) in [5.74, 6) is 1.07. The number of esters is 1. The Balaban J connectivity index is 1.75. The van der Waals surface area contributed by atoms with Crippen LogP contribution in [0.25, 0.3) is 0 Å². The third-order valence-corrected chi connectivity index (χ3v) is 3.99. The van der Waals surface area contributed by atoms with Gasteiger partial charge in [-0.15, -0.1) is 0 Å². The minimum atomic E-state index is -0.0550. The zero-order valence-corrected chi connectivity index (χ0v) is 9.50. The summed E-state index contributed by atoms with van der Waals surface area (Å²) in [4.78, 5) is 11.2. The molecule has 1 aliphatic rings. The molecule has 1 saturated carbocycles. The Morgan fingerprint density at radius 2 is 2.20 bits per heavy atom. The number of ether oxygens (including phenoxy) is 1. The smallest absolute Gasteiger partial charge is 0.309 e. The van der Waals surface area contributed by atoms with E-state index in [1.165, 1.54) is 12.7 Å². The predicted molar refractivity (Wildman–Crippen MR) is 61.6 cm³/mol. The van der Waals surface area contributed by atoms with Crippen LogP contribution in [0.2, 0.25) is 0 Å². The molecule has 15 heavy (non-hydrogen) atoms. The maximum atomic E-state index is 11.2. The molecule has 0 aromatic heterocycles. The van der Waals surface area contributed by atoms with Crippen molar-refractivity contribution in [2.24, 2.45) is 5.92 Å². The first-order chi connectivity index (χ1) is 7.31. The van der Waals surface area contributed by atoms with Crippen molar-refractivity contribution >= 4 is 17.7 Å². The molecule has 2 rings (SSSR count). The van der Waals surface area contributed by atoms with Crippen molar-refractivity contribution in [2.75, 3.05) is 7.11 Å². The van der Waals surface area contributed by atoms with Gasteiger partial charge in [-0.3, -0.25) is 4.79 Å². The van der Waals surface area contributed by atoms with Crippen molar-refractivity contribution in [1.82, 2.24) is 0 Å². The first-order valence-electron chi connectivity index (χ1n) is 5.04. The number of hydrogen-bond acceptors (Lipinski definition) is 3. The van der Waals surface area contributed by atoms with Gasteiger partial charge in [-0.05, 0) is 12.0 Å². The van der Waals surface area contributed by atoms with E-state index in [9.17, 15) is 4.79 Å². The molecule has 2 atom stereocenters. The molecule has 0 aliphatic heterocycles. The topological polar surface area (TPSA) is 26.3 Å². The van der Waals surface area contributed by atoms with E-state index in [2.05, 4.69) is 12.1 Å². The van der Waals surface area contributed by atoms with Crippen LogP contribution in [0.3, 0.4) is 0 Å². The highest BCUT2D eigenvalue weighted by molar-refractivity contribution is 7.99. The summed E-state index contributed by atoms with van der Waals surface area (Å²) in [5, 5.41) is 0.470. The number of hydrogen-bond donors (Lipinski definition) is 0. The lowest BCUT2D eigenvalue weighted by Gasteiger charge is -2.00. The second-order valence-electron chi connectivity index (χ2n) is 3.70. The molecule has 0 radical (unpaired) electrons.